The van der Waals surface area contributed by atoms with Crippen molar-refractivity contribution in [1.29, 1.82) is 0 Å². The second-order valence-electron chi connectivity index (χ2n) is 6.17. The van der Waals surface area contributed by atoms with Gasteiger partial charge in [-0.25, -0.2) is 4.68 Å². The number of carbonyl (C=O) groups excluding carboxylic acids is 1. The topological polar surface area (TPSA) is 84.7 Å². The van der Waals surface area contributed by atoms with Gasteiger partial charge in [-0.2, -0.15) is 5.10 Å². The van der Waals surface area contributed by atoms with Gasteiger partial charge in [-0.05, 0) is 85.3 Å². The first kappa shape index (κ1) is 19.3. The highest BCUT2D eigenvalue weighted by Crippen LogP contribution is 2.15. The lowest BCUT2D eigenvalue weighted by molar-refractivity contribution is 0.0955. The van der Waals surface area contributed by atoms with Crippen molar-refractivity contribution in [3.05, 3.63) is 62.5 Å². The Labute approximate surface area is 171 Å². The van der Waals surface area contributed by atoms with E-state index in [1.165, 1.54) is 0 Å². The number of anilines is 1. The van der Waals surface area contributed by atoms with E-state index in [0.29, 0.717) is 30.3 Å². The number of nitrogens with zero attached hydrogens (tertiary/aromatic N) is 4. The average Bonchev–Trinajstić information content (AvgIpc) is 2.93. The first-order valence-electron chi connectivity index (χ1n) is 8.60. The molecule has 0 saturated carbocycles. The van der Waals surface area contributed by atoms with Crippen LogP contribution in [0.1, 0.15) is 27.3 Å². The van der Waals surface area contributed by atoms with E-state index in [1.54, 1.807) is 4.68 Å². The molecule has 27 heavy (non-hydrogen) atoms. The van der Waals surface area contributed by atoms with E-state index in [2.05, 4.69) is 48.5 Å². The summed E-state index contributed by atoms with van der Waals surface area (Å²) in [5, 5.41) is 18.9. The molecule has 0 fully saturated rings. The second-order valence-corrected chi connectivity index (χ2v) is 7.42. The van der Waals surface area contributed by atoms with Crippen LogP contribution in [0, 0.1) is 24.3 Å². The van der Waals surface area contributed by atoms with Gasteiger partial charge in [-0.1, -0.05) is 0 Å². The molecule has 0 radical (unpaired) electrons. The van der Waals surface area contributed by atoms with E-state index >= 15 is 0 Å². The van der Waals surface area contributed by atoms with E-state index in [0.717, 1.165) is 20.5 Å². The summed E-state index contributed by atoms with van der Waals surface area (Å²) in [6, 6.07) is 11.2. The largest absolute Gasteiger partial charge is 0.367 e. The Morgan fingerprint density at radius 1 is 1.04 bits per heavy atom. The van der Waals surface area contributed by atoms with E-state index in [4.69, 9.17) is 0 Å². The fourth-order valence-corrected chi connectivity index (χ4v) is 2.91. The summed E-state index contributed by atoms with van der Waals surface area (Å²) < 4.78 is 2.89. The molecule has 0 unspecified atom stereocenters. The number of halogens is 1. The van der Waals surface area contributed by atoms with Crippen LogP contribution < -0.4 is 10.6 Å². The maximum absolute atomic E-state index is 12.1. The van der Waals surface area contributed by atoms with Crippen LogP contribution in [0.15, 0.2) is 36.4 Å². The Balaban J connectivity index is 1.51. The number of hydrogen-bond donors (Lipinski definition) is 2. The molecule has 0 aliphatic rings. The maximum Gasteiger partial charge on any atom is 0.251 e. The highest BCUT2D eigenvalue weighted by Gasteiger charge is 2.10. The molecule has 8 heteroatoms. The Morgan fingerprint density at radius 2 is 1.78 bits per heavy atom. The van der Waals surface area contributed by atoms with Gasteiger partial charge >= 0.3 is 0 Å². The summed E-state index contributed by atoms with van der Waals surface area (Å²) in [4.78, 5) is 12.1. The molecule has 2 N–H and O–H groups in total. The molecule has 3 aromatic rings. The van der Waals surface area contributed by atoms with E-state index in [1.807, 2.05) is 57.2 Å². The number of aryl methyl sites for hydroxylation is 1. The summed E-state index contributed by atoms with van der Waals surface area (Å²) in [6.45, 7) is 7.09. The molecule has 0 aliphatic heterocycles. The van der Waals surface area contributed by atoms with E-state index in [-0.39, 0.29) is 5.91 Å². The van der Waals surface area contributed by atoms with Gasteiger partial charge in [0, 0.05) is 27.9 Å². The summed E-state index contributed by atoms with van der Waals surface area (Å²) in [5.41, 5.74) is 3.85. The van der Waals surface area contributed by atoms with E-state index in [9.17, 15) is 4.79 Å². The van der Waals surface area contributed by atoms with Gasteiger partial charge < -0.3 is 10.6 Å². The number of rotatable bonds is 6. The van der Waals surface area contributed by atoms with Crippen LogP contribution in [0.5, 0.6) is 0 Å². The number of carbonyl (C=O) groups is 1. The summed E-state index contributed by atoms with van der Waals surface area (Å²) in [7, 11) is 0. The van der Waals surface area contributed by atoms with Crippen LogP contribution in [-0.4, -0.2) is 39.0 Å². The summed E-state index contributed by atoms with van der Waals surface area (Å²) in [6.07, 6.45) is 0. The number of hydrogen-bond acceptors (Lipinski definition) is 5. The third kappa shape index (κ3) is 4.62. The zero-order valence-corrected chi connectivity index (χ0v) is 17.6. The van der Waals surface area contributed by atoms with Gasteiger partial charge in [-0.3, -0.25) is 4.79 Å². The lowest BCUT2D eigenvalue weighted by atomic mass is 10.2. The van der Waals surface area contributed by atoms with Crippen molar-refractivity contribution in [3.63, 3.8) is 0 Å². The van der Waals surface area contributed by atoms with Gasteiger partial charge in [0.15, 0.2) is 5.82 Å². The van der Waals surface area contributed by atoms with Crippen molar-refractivity contribution in [1.82, 2.24) is 25.3 Å². The highest BCUT2D eigenvalue weighted by molar-refractivity contribution is 14.1. The molecule has 140 valence electrons. The van der Waals surface area contributed by atoms with Gasteiger partial charge in [-0.15, -0.1) is 10.2 Å². The molecule has 3 rings (SSSR count). The Hall–Kier alpha value is -2.49. The predicted molar refractivity (Wildman–Crippen MR) is 113 cm³/mol. The molecule has 0 saturated heterocycles. The Kier molecular flexibility index (Phi) is 6.04. The molecular weight excluding hydrogens is 455 g/mol. The molecule has 7 nitrogen and oxygen atoms in total. The first-order valence-corrected chi connectivity index (χ1v) is 9.68. The molecule has 1 amide bonds. The smallest absolute Gasteiger partial charge is 0.251 e. The van der Waals surface area contributed by atoms with Crippen molar-refractivity contribution in [2.75, 3.05) is 18.4 Å². The van der Waals surface area contributed by atoms with Crippen LogP contribution in [-0.2, 0) is 0 Å². The van der Waals surface area contributed by atoms with Gasteiger partial charge in [0.05, 0.1) is 5.69 Å². The minimum absolute atomic E-state index is 0.0884. The predicted octanol–water partition coefficient (Wildman–Crippen LogP) is 3.03. The SMILES string of the molecule is Cc1nn(-c2ccc(NCCNC(=O)c3ccc(I)cc3)nn2)c(C)c1C. The van der Waals surface area contributed by atoms with Crippen LogP contribution in [0.25, 0.3) is 5.82 Å². The van der Waals surface area contributed by atoms with Crippen LogP contribution in [0.4, 0.5) is 5.82 Å². The number of aromatic nitrogens is 4. The zero-order valence-electron chi connectivity index (χ0n) is 15.5. The van der Waals surface area contributed by atoms with Gasteiger partial charge in [0.1, 0.15) is 5.82 Å². The number of benzene rings is 1. The normalized spacial score (nSPS) is 10.7. The van der Waals surface area contributed by atoms with Gasteiger partial charge in [0.2, 0.25) is 0 Å². The molecule has 0 bridgehead atoms. The van der Waals surface area contributed by atoms with Gasteiger partial charge in [0.25, 0.3) is 5.91 Å². The summed E-state index contributed by atoms with van der Waals surface area (Å²) in [5.74, 6) is 1.25. The average molecular weight is 476 g/mol. The van der Waals surface area contributed by atoms with Crippen molar-refractivity contribution >= 4 is 34.3 Å². The molecule has 0 atom stereocenters. The minimum Gasteiger partial charge on any atom is -0.367 e. The maximum atomic E-state index is 12.1. The second kappa shape index (κ2) is 8.47. The lowest BCUT2D eigenvalue weighted by Gasteiger charge is -2.08. The molecule has 1 aromatic carbocycles. The first-order chi connectivity index (χ1) is 13.0. The third-order valence-corrected chi connectivity index (χ3v) is 5.06. The van der Waals surface area contributed by atoms with Crippen molar-refractivity contribution in [2.45, 2.75) is 20.8 Å². The van der Waals surface area contributed by atoms with Crippen molar-refractivity contribution in [3.8, 4) is 5.82 Å². The lowest BCUT2D eigenvalue weighted by Crippen LogP contribution is -2.28. The monoisotopic (exact) mass is 476 g/mol. The highest BCUT2D eigenvalue weighted by atomic mass is 127. The fraction of sp³-hybridized carbons (Fsp3) is 0.263. The zero-order chi connectivity index (χ0) is 19.4. The van der Waals surface area contributed by atoms with Crippen LogP contribution >= 0.6 is 22.6 Å². The van der Waals surface area contributed by atoms with Crippen molar-refractivity contribution < 1.29 is 4.79 Å². The molecule has 0 spiro atoms. The Morgan fingerprint density at radius 3 is 2.37 bits per heavy atom. The fourth-order valence-electron chi connectivity index (χ4n) is 2.55. The number of nitrogens with one attached hydrogen (secondary N) is 2. The van der Waals surface area contributed by atoms with Crippen molar-refractivity contribution in [2.24, 2.45) is 0 Å². The van der Waals surface area contributed by atoms with E-state index < -0.39 is 0 Å². The minimum atomic E-state index is -0.0884. The number of amides is 1. The molecule has 2 aromatic heterocycles. The molecule has 2 heterocycles. The quantitative estimate of drug-likeness (QED) is 0.422. The molecular formula is C19H21IN6O. The van der Waals surface area contributed by atoms with Crippen LogP contribution in [0.3, 0.4) is 0 Å². The third-order valence-electron chi connectivity index (χ3n) is 4.34. The summed E-state index contributed by atoms with van der Waals surface area (Å²) >= 11 is 2.21. The Bertz CT molecular complexity index is 934. The molecule has 0 aliphatic carbocycles. The standard InChI is InChI=1S/C19H21IN6O/c1-12-13(2)25-26(14(12)3)18-9-8-17(23-24-18)21-10-11-22-19(27)15-4-6-16(20)7-5-15/h4-9H,10-11H2,1-3H3,(H,21,23)(H,22,27). The van der Waals surface area contributed by atoms with Crippen LogP contribution in [0.2, 0.25) is 0 Å².